The lowest BCUT2D eigenvalue weighted by Gasteiger charge is -2.63. The number of aliphatic carboxylic acids is 1. The summed E-state index contributed by atoms with van der Waals surface area (Å²) in [5, 5.41) is 98.4. The number of carbonyl (C=O) groups excluding carboxylic acids is 9. The van der Waals surface area contributed by atoms with Crippen LogP contribution in [0.1, 0.15) is 232 Å². The van der Waals surface area contributed by atoms with Gasteiger partial charge in [0.05, 0.1) is 95.0 Å². The van der Waals surface area contributed by atoms with E-state index in [4.69, 9.17) is 92.0 Å². The zero-order chi connectivity index (χ0) is 102. The van der Waals surface area contributed by atoms with Crippen LogP contribution in [-0.2, 0) is 122 Å². The van der Waals surface area contributed by atoms with Crippen LogP contribution in [0.2, 0.25) is 0 Å². The molecule has 778 valence electrons. The number of aliphatic hydroxyl groups is 8. The van der Waals surface area contributed by atoms with Crippen LogP contribution in [0.5, 0.6) is 0 Å². The number of esters is 4. The number of fused-ring (bicyclic) bond motifs is 6. The maximum absolute atomic E-state index is 15.2. The number of H-pyrrole nitrogens is 1. The number of carboxylic acids is 1. The Labute approximate surface area is 814 Å². The van der Waals surface area contributed by atoms with Gasteiger partial charge in [0.1, 0.15) is 32.0 Å². The van der Waals surface area contributed by atoms with Crippen molar-refractivity contribution in [3.05, 3.63) is 76.5 Å². The average Bonchev–Trinajstić information content (AvgIpc) is 1.48. The summed E-state index contributed by atoms with van der Waals surface area (Å²) < 4.78 is 62.2. The summed E-state index contributed by atoms with van der Waals surface area (Å²) in [5.41, 5.74) is 2.93. The number of aromatic amines is 1. The third-order valence-corrected chi connectivity index (χ3v) is 29.4. The highest BCUT2D eigenvalue weighted by molar-refractivity contribution is 8.76. The molecule has 6 heterocycles. The molecule has 3 aromatic rings. The van der Waals surface area contributed by atoms with Crippen LogP contribution in [0.4, 0.5) is 5.69 Å². The molecule has 0 radical (unpaired) electrons. The second-order valence-corrected chi connectivity index (χ2v) is 39.7. The molecule has 1 aromatic heterocycles. The second kappa shape index (κ2) is 59.7. The molecule has 5 aliphatic heterocycles. The Kier molecular flexibility index (Phi) is 52.4. The molecule has 9 rings (SSSR count). The largest absolute Gasteiger partial charge is 0.481 e. The number of methoxy groups -OCH3 is 4. The highest BCUT2D eigenvalue weighted by Crippen LogP contribution is 2.67. The Balaban J connectivity index is 0.000000454. The topological polar surface area (TPSA) is 513 Å². The lowest BCUT2D eigenvalue weighted by atomic mass is 9.47. The highest BCUT2D eigenvalue weighted by atomic mass is 33.1. The molecule has 2 saturated heterocycles. The van der Waals surface area contributed by atoms with Crippen molar-refractivity contribution >= 4 is 91.8 Å². The fourth-order valence-corrected chi connectivity index (χ4v) is 21.8. The van der Waals surface area contributed by atoms with E-state index in [0.29, 0.717) is 71.0 Å². The first-order valence-electron chi connectivity index (χ1n) is 48.0. The standard InChI is InChI=1S/C61H87N5O12.C18H35NO6S2.C11H20O7.C7H16O4.CO2/c1-9-41(35-67)78-51(75-8)36-77-50(70)22-16-21-49(69)62-39(5)53(71)76-29-15-14-20-48(68)61(74)55-60(25-28-66-26-17-24-59(11-3,54(60)66)56(61)72)45-31-44(38(4)30-47(45)64(55)7)57(6)32-40-33-58(73,10-2)37-65(34-40)27-23-43-42-18-12-13-19-46(42)63-52(43)57;1-6-14(12-20)25-17(23-4)13-24-16(22)9-8-15(21)19-11-7-10-18(2,3)27-26-5;1-3-8(6-12)18-11(16-2)7-17-10(15)5-4-9(13)14;1-3-6(4-8)11-7(5-9)10-2;2-1-3/h12-13,17-19,24,30-31,39-41,51,54-56,63,67,72-74H,9-11,14-16,20-23,25-29,32-37H2,1-8H3,(H,62,69);14,17,20H,6-13H2,1-5H3,(H,19,21);8,11-12H,3-7H2,1-2H3,(H,13,14);6-9H,3-5H2,1-2H3;/t39?,40?,41?,51?,54?,55?,56-,57-,58?,59-,60?,61+;;;;/m1..../s1. The lowest BCUT2D eigenvalue weighted by molar-refractivity contribution is -0.202. The van der Waals surface area contributed by atoms with Crippen LogP contribution in [0, 0.1) is 18.3 Å². The minimum absolute atomic E-state index is 0.00724. The molecule has 19 atom stereocenters. The number of ether oxygens (including phenoxy) is 12. The Morgan fingerprint density at radius 2 is 1.20 bits per heavy atom. The van der Waals surface area contributed by atoms with Gasteiger partial charge in [-0.05, 0) is 184 Å². The first-order chi connectivity index (χ1) is 65.3. The van der Waals surface area contributed by atoms with Crippen molar-refractivity contribution in [2.45, 2.75) is 318 Å². The van der Waals surface area contributed by atoms with Crippen LogP contribution in [-0.4, -0.2) is 345 Å². The van der Waals surface area contributed by atoms with Gasteiger partial charge in [-0.15, -0.1) is 0 Å². The second-order valence-electron chi connectivity index (χ2n) is 36.6. The van der Waals surface area contributed by atoms with E-state index in [1.807, 2.05) is 45.5 Å². The molecule has 1 aliphatic carbocycles. The van der Waals surface area contributed by atoms with Crippen molar-refractivity contribution in [3.63, 3.8) is 0 Å². The van der Waals surface area contributed by atoms with Crippen LogP contribution < -0.4 is 15.5 Å². The molecule has 137 heavy (non-hydrogen) atoms. The van der Waals surface area contributed by atoms with Crippen LogP contribution in [0.15, 0.2) is 48.6 Å². The minimum Gasteiger partial charge on any atom is -0.481 e. The number of anilines is 1. The number of nitrogens with one attached hydrogen (secondary N) is 3. The Morgan fingerprint density at radius 1 is 0.650 bits per heavy atom. The number of carbonyl (C=O) groups is 8. The number of carboxylic acid groups (broad SMARTS) is 1. The zero-order valence-corrected chi connectivity index (χ0v) is 85.1. The summed E-state index contributed by atoms with van der Waals surface area (Å²) in [5.74, 6) is -4.16. The molecule has 1 spiro atoms. The Morgan fingerprint density at radius 3 is 1.72 bits per heavy atom. The normalized spacial score (nSPS) is 24.2. The molecule has 37 nitrogen and oxygen atoms in total. The molecule has 2 amide bonds. The van der Waals surface area contributed by atoms with Gasteiger partial charge in [-0.1, -0.05) is 99.5 Å². The quantitative estimate of drug-likeness (QED) is 0.00642. The van der Waals surface area contributed by atoms with Gasteiger partial charge < -0.3 is 123 Å². The summed E-state index contributed by atoms with van der Waals surface area (Å²) in [4.78, 5) is 125. The summed E-state index contributed by atoms with van der Waals surface area (Å²) in [6, 6.07) is 11.4. The molecule has 3 fully saturated rings. The number of hydrogen-bond donors (Lipinski definition) is 12. The minimum atomic E-state index is -2.17. The number of piperidine rings is 1. The summed E-state index contributed by atoms with van der Waals surface area (Å²) in [6.07, 6.45) is 9.69. The third kappa shape index (κ3) is 33.7. The SMILES string of the molecule is CCC(CO)OC(CO)OC.CCC(CO)OC(COC(=O)CCC(=O)NCCCC(C)(C)SSC)OC.CCC(CO)OC(COC(=O)CCC(=O)O)OC.CCC(CO)OC(COC(=O)CCCC(=O)NC(C)C(=O)OCCCCC(=O)[C@]1(O)C2N(C)c3cc(C)c([C@@]4(C)CC5CN(CCc6c4[nH]c4ccccc64)CC(O)(CC)C5)cc3C23CCN2CC=C[C@](CC)(C23)[C@H]1O)OC.O=C=O. The van der Waals surface area contributed by atoms with E-state index >= 15 is 4.79 Å². The van der Waals surface area contributed by atoms with E-state index in [-0.39, 0.29) is 164 Å². The van der Waals surface area contributed by atoms with Crippen molar-refractivity contribution in [2.24, 2.45) is 11.3 Å². The molecule has 2 bridgehead atoms. The number of para-hydroxylation sites is 1. The van der Waals surface area contributed by atoms with Crippen LogP contribution in [0.3, 0.4) is 0 Å². The molecule has 1 saturated carbocycles. The van der Waals surface area contributed by atoms with Crippen LogP contribution in [0.25, 0.3) is 10.9 Å². The van der Waals surface area contributed by atoms with E-state index < -0.39 is 118 Å². The number of nitrogens with zero attached hydrogens (tertiary/aromatic N) is 3. The predicted octanol–water partition coefficient (Wildman–Crippen LogP) is 7.72. The number of likely N-dealkylation sites (N-methyl/N-ethyl adjacent to an activating group) is 1. The van der Waals surface area contributed by atoms with Gasteiger partial charge in [0.15, 0.2) is 36.5 Å². The fraction of sp³-hybridized carbons (Fsp3) is 0.745. The fourth-order valence-electron chi connectivity index (χ4n) is 19.6. The number of rotatable bonds is 54. The zero-order valence-electron chi connectivity index (χ0n) is 83.5. The molecule has 15 unspecified atom stereocenters. The maximum Gasteiger partial charge on any atom is 0.373 e. The van der Waals surface area contributed by atoms with Crippen LogP contribution >= 0.6 is 21.6 Å². The number of aliphatic hydroxyl groups excluding tert-OH is 6. The van der Waals surface area contributed by atoms with E-state index in [0.717, 1.165) is 74.1 Å². The average molecular weight is 1980 g/mol. The number of amides is 2. The smallest absolute Gasteiger partial charge is 0.373 e. The van der Waals surface area contributed by atoms with Crippen molar-refractivity contribution < 1.29 is 151 Å². The van der Waals surface area contributed by atoms with Crippen molar-refractivity contribution in [1.29, 1.82) is 0 Å². The first kappa shape index (κ1) is 120. The maximum atomic E-state index is 15.2. The van der Waals surface area contributed by atoms with Crippen molar-refractivity contribution in [3.8, 4) is 0 Å². The molecular weight excluding hydrogens is 1820 g/mol. The monoisotopic (exact) mass is 1980 g/mol. The highest BCUT2D eigenvalue weighted by Gasteiger charge is 2.78. The van der Waals surface area contributed by atoms with E-state index in [2.05, 4.69) is 127 Å². The van der Waals surface area contributed by atoms with Gasteiger partial charge in [0.25, 0.3) is 0 Å². The number of unbranched alkanes of at least 4 members (excludes halogenated alkanes) is 1. The van der Waals surface area contributed by atoms with E-state index in [9.17, 15) is 54.0 Å². The number of hydrogen-bond acceptors (Lipinski definition) is 35. The van der Waals surface area contributed by atoms with Gasteiger partial charge in [-0.2, -0.15) is 9.59 Å². The number of aryl methyl sites for hydroxylation is 1. The number of benzene rings is 2. The van der Waals surface area contributed by atoms with Gasteiger partial charge in [0, 0.05) is 143 Å². The van der Waals surface area contributed by atoms with Crippen molar-refractivity contribution in [2.75, 3.05) is 145 Å². The summed E-state index contributed by atoms with van der Waals surface area (Å²) in [7, 11) is 11.2. The van der Waals surface area contributed by atoms with Gasteiger partial charge in [-0.3, -0.25) is 43.4 Å². The summed E-state index contributed by atoms with van der Waals surface area (Å²) in [6.45, 7) is 25.5. The lowest BCUT2D eigenvalue weighted by Crippen LogP contribution is -2.80. The Bertz CT molecular complexity index is 4240. The number of ketones is 1. The number of Topliss-reactive ketones (excluding diaryl/α,β-unsaturated/α-hetero) is 1. The molecular formula is C98H158N6O31S2. The van der Waals surface area contributed by atoms with E-state index in [1.54, 1.807) is 10.8 Å². The van der Waals surface area contributed by atoms with Gasteiger partial charge in [0.2, 0.25) is 11.8 Å². The van der Waals surface area contributed by atoms with Gasteiger partial charge in [-0.25, -0.2) is 4.79 Å². The molecule has 6 aliphatic rings. The molecule has 39 heteroatoms. The molecule has 12 N–H and O–H groups in total. The van der Waals surface area contributed by atoms with Crippen molar-refractivity contribution in [1.82, 2.24) is 25.4 Å². The Hall–Kier alpha value is -7.16. The summed E-state index contributed by atoms with van der Waals surface area (Å²) >= 11 is 0. The third-order valence-electron chi connectivity index (χ3n) is 26.7. The number of aromatic nitrogens is 1. The predicted molar refractivity (Wildman–Crippen MR) is 513 cm³/mol. The van der Waals surface area contributed by atoms with Gasteiger partial charge >= 0.3 is 36.0 Å². The van der Waals surface area contributed by atoms with E-state index in [1.165, 1.54) is 57.6 Å². The molecule has 2 aromatic carbocycles. The first-order valence-corrected chi connectivity index (χ1v) is 50.5.